The van der Waals surface area contributed by atoms with Crippen molar-refractivity contribution in [2.75, 3.05) is 5.32 Å². The van der Waals surface area contributed by atoms with Gasteiger partial charge < -0.3 is 10.6 Å². The lowest BCUT2D eigenvalue weighted by atomic mass is 10.1. The molecule has 1 atom stereocenters. The lowest BCUT2D eigenvalue weighted by molar-refractivity contribution is 0.0930. The molecule has 1 amide bonds. The van der Waals surface area contributed by atoms with E-state index in [1.54, 1.807) is 30.6 Å². The van der Waals surface area contributed by atoms with Gasteiger partial charge in [-0.05, 0) is 37.1 Å². The Morgan fingerprint density at radius 2 is 1.81 bits per heavy atom. The van der Waals surface area contributed by atoms with Crippen molar-refractivity contribution in [2.24, 2.45) is 5.92 Å². The molecular formula is C16H20N4O. The van der Waals surface area contributed by atoms with Crippen LogP contribution in [-0.2, 0) is 0 Å². The summed E-state index contributed by atoms with van der Waals surface area (Å²) in [7, 11) is 0. The van der Waals surface area contributed by atoms with Crippen LogP contribution in [-0.4, -0.2) is 21.9 Å². The molecule has 2 rings (SSSR count). The van der Waals surface area contributed by atoms with Crippen molar-refractivity contribution in [3.8, 4) is 0 Å². The molecule has 2 N–H and O–H groups in total. The maximum atomic E-state index is 12.2. The van der Waals surface area contributed by atoms with E-state index in [-0.39, 0.29) is 11.9 Å². The lowest BCUT2D eigenvalue weighted by Crippen LogP contribution is -2.36. The first-order chi connectivity index (χ1) is 10.1. The molecule has 0 saturated carbocycles. The Kier molecular flexibility index (Phi) is 4.87. The molecule has 110 valence electrons. The van der Waals surface area contributed by atoms with Crippen LogP contribution < -0.4 is 10.6 Å². The Labute approximate surface area is 124 Å². The van der Waals surface area contributed by atoms with E-state index in [4.69, 9.17) is 0 Å². The second-order valence-corrected chi connectivity index (χ2v) is 5.28. The highest BCUT2D eigenvalue weighted by Gasteiger charge is 2.12. The van der Waals surface area contributed by atoms with Crippen molar-refractivity contribution in [1.82, 2.24) is 15.3 Å². The number of hydrogen-bond acceptors (Lipinski definition) is 4. The number of carbonyl (C=O) groups is 1. The zero-order valence-electron chi connectivity index (χ0n) is 12.5. The quantitative estimate of drug-likeness (QED) is 0.885. The fourth-order valence-corrected chi connectivity index (χ4v) is 1.69. The van der Waals surface area contributed by atoms with Gasteiger partial charge in [-0.2, -0.15) is 0 Å². The largest absolute Gasteiger partial charge is 0.349 e. The summed E-state index contributed by atoms with van der Waals surface area (Å²) in [5, 5.41) is 6.06. The van der Waals surface area contributed by atoms with Gasteiger partial charge in [-0.1, -0.05) is 19.9 Å². The molecule has 1 aromatic carbocycles. The molecule has 0 aliphatic heterocycles. The minimum absolute atomic E-state index is 0.0752. The molecule has 21 heavy (non-hydrogen) atoms. The average molecular weight is 284 g/mol. The third-order valence-corrected chi connectivity index (χ3v) is 3.31. The molecule has 0 spiro atoms. The smallest absolute Gasteiger partial charge is 0.251 e. The molecular weight excluding hydrogens is 264 g/mol. The Morgan fingerprint density at radius 1 is 1.10 bits per heavy atom. The highest BCUT2D eigenvalue weighted by atomic mass is 16.1. The monoisotopic (exact) mass is 284 g/mol. The third-order valence-electron chi connectivity index (χ3n) is 3.31. The van der Waals surface area contributed by atoms with Crippen LogP contribution in [0.2, 0.25) is 0 Å². The first kappa shape index (κ1) is 15.0. The van der Waals surface area contributed by atoms with Crippen molar-refractivity contribution in [3.63, 3.8) is 0 Å². The van der Waals surface area contributed by atoms with Gasteiger partial charge in [0.25, 0.3) is 5.91 Å². The molecule has 5 heteroatoms. The molecule has 0 fully saturated rings. The number of aromatic nitrogens is 2. The van der Waals surface area contributed by atoms with Crippen LogP contribution in [0.25, 0.3) is 0 Å². The van der Waals surface area contributed by atoms with Crippen molar-refractivity contribution in [3.05, 3.63) is 48.3 Å². The highest BCUT2D eigenvalue weighted by molar-refractivity contribution is 5.95. The van der Waals surface area contributed by atoms with Crippen LogP contribution in [0.3, 0.4) is 0 Å². The SMILES string of the molecule is CC(C)[C@@H](C)NC(=O)c1cccc(Nc2ncccn2)c1. The molecule has 1 heterocycles. The van der Waals surface area contributed by atoms with Gasteiger partial charge in [0, 0.05) is 29.7 Å². The van der Waals surface area contributed by atoms with Crippen LogP contribution in [0.1, 0.15) is 31.1 Å². The van der Waals surface area contributed by atoms with E-state index in [1.165, 1.54) is 0 Å². The maximum Gasteiger partial charge on any atom is 0.251 e. The van der Waals surface area contributed by atoms with Gasteiger partial charge >= 0.3 is 0 Å². The van der Waals surface area contributed by atoms with E-state index in [0.717, 1.165) is 5.69 Å². The summed E-state index contributed by atoms with van der Waals surface area (Å²) < 4.78 is 0. The fourth-order valence-electron chi connectivity index (χ4n) is 1.69. The topological polar surface area (TPSA) is 66.9 Å². The molecule has 0 aliphatic rings. The van der Waals surface area contributed by atoms with Gasteiger partial charge in [0.15, 0.2) is 0 Å². The van der Waals surface area contributed by atoms with E-state index in [1.807, 2.05) is 19.1 Å². The molecule has 0 radical (unpaired) electrons. The predicted molar refractivity (Wildman–Crippen MR) is 83.5 cm³/mol. The lowest BCUT2D eigenvalue weighted by Gasteiger charge is -2.17. The van der Waals surface area contributed by atoms with Crippen molar-refractivity contribution in [2.45, 2.75) is 26.8 Å². The highest BCUT2D eigenvalue weighted by Crippen LogP contribution is 2.14. The van der Waals surface area contributed by atoms with Gasteiger partial charge in [0.05, 0.1) is 0 Å². The molecule has 2 aromatic rings. The zero-order valence-corrected chi connectivity index (χ0v) is 12.5. The van der Waals surface area contributed by atoms with E-state index in [0.29, 0.717) is 17.4 Å². The maximum absolute atomic E-state index is 12.2. The number of anilines is 2. The number of amides is 1. The Balaban J connectivity index is 2.09. The van der Waals surface area contributed by atoms with Crippen LogP contribution in [0.5, 0.6) is 0 Å². The zero-order chi connectivity index (χ0) is 15.2. The number of hydrogen-bond donors (Lipinski definition) is 2. The normalized spacial score (nSPS) is 12.0. The van der Waals surface area contributed by atoms with Crippen molar-refractivity contribution in [1.29, 1.82) is 0 Å². The average Bonchev–Trinajstić information content (AvgIpc) is 2.48. The second kappa shape index (κ2) is 6.83. The van der Waals surface area contributed by atoms with Crippen LogP contribution in [0, 0.1) is 5.92 Å². The molecule has 0 aliphatic carbocycles. The predicted octanol–water partition coefficient (Wildman–Crippen LogP) is 2.99. The van der Waals surface area contributed by atoms with Gasteiger partial charge in [-0.3, -0.25) is 4.79 Å². The Hall–Kier alpha value is -2.43. The minimum Gasteiger partial charge on any atom is -0.349 e. The first-order valence-electron chi connectivity index (χ1n) is 7.01. The Morgan fingerprint density at radius 3 is 2.48 bits per heavy atom. The summed E-state index contributed by atoms with van der Waals surface area (Å²) >= 11 is 0. The molecule has 0 unspecified atom stereocenters. The van der Waals surface area contributed by atoms with Gasteiger partial charge in [0.2, 0.25) is 5.95 Å². The summed E-state index contributed by atoms with van der Waals surface area (Å²) in [6.07, 6.45) is 3.33. The number of benzene rings is 1. The minimum atomic E-state index is -0.0752. The number of nitrogens with one attached hydrogen (secondary N) is 2. The van der Waals surface area contributed by atoms with Crippen LogP contribution in [0.15, 0.2) is 42.7 Å². The van der Waals surface area contributed by atoms with Crippen LogP contribution >= 0.6 is 0 Å². The van der Waals surface area contributed by atoms with Crippen LogP contribution in [0.4, 0.5) is 11.6 Å². The van der Waals surface area contributed by atoms with E-state index in [2.05, 4.69) is 34.4 Å². The Bertz CT molecular complexity index is 598. The summed E-state index contributed by atoms with van der Waals surface area (Å²) in [5.74, 6) is 0.826. The summed E-state index contributed by atoms with van der Waals surface area (Å²) in [4.78, 5) is 20.4. The molecule has 0 saturated heterocycles. The fraction of sp³-hybridized carbons (Fsp3) is 0.312. The summed E-state index contributed by atoms with van der Waals surface area (Å²) in [6.45, 7) is 6.16. The summed E-state index contributed by atoms with van der Waals surface area (Å²) in [5.41, 5.74) is 1.40. The van der Waals surface area contributed by atoms with Gasteiger partial charge in [0.1, 0.15) is 0 Å². The van der Waals surface area contributed by atoms with E-state index in [9.17, 15) is 4.79 Å². The number of rotatable bonds is 5. The van der Waals surface area contributed by atoms with Crippen molar-refractivity contribution >= 4 is 17.5 Å². The summed E-state index contributed by atoms with van der Waals surface area (Å²) in [6, 6.07) is 9.17. The van der Waals surface area contributed by atoms with Gasteiger partial charge in [-0.15, -0.1) is 0 Å². The van der Waals surface area contributed by atoms with E-state index < -0.39 is 0 Å². The van der Waals surface area contributed by atoms with Gasteiger partial charge in [-0.25, -0.2) is 9.97 Å². The molecule has 5 nitrogen and oxygen atoms in total. The molecule has 1 aromatic heterocycles. The number of nitrogens with zero attached hydrogens (tertiary/aromatic N) is 2. The van der Waals surface area contributed by atoms with Crippen molar-refractivity contribution < 1.29 is 4.79 Å². The third kappa shape index (κ3) is 4.27. The second-order valence-electron chi connectivity index (χ2n) is 5.28. The molecule has 0 bridgehead atoms. The van der Waals surface area contributed by atoms with E-state index >= 15 is 0 Å². The standard InChI is InChI=1S/C16H20N4O/c1-11(2)12(3)19-15(21)13-6-4-7-14(10-13)20-16-17-8-5-9-18-16/h4-12H,1-3H3,(H,19,21)(H,17,18,20)/t12-/m1/s1. The number of carbonyl (C=O) groups excluding carboxylic acids is 1. The first-order valence-corrected chi connectivity index (χ1v) is 7.01.